The Hall–Kier alpha value is -3.02. The summed E-state index contributed by atoms with van der Waals surface area (Å²) in [6, 6.07) is 13.5. The molecular weight excluding hydrogens is 332 g/mol. The molecular formula is C20H22N2O4. The van der Waals surface area contributed by atoms with Crippen LogP contribution in [0.2, 0.25) is 0 Å². The van der Waals surface area contributed by atoms with Crippen LogP contribution in [0.3, 0.4) is 0 Å². The molecule has 0 saturated heterocycles. The van der Waals surface area contributed by atoms with Gasteiger partial charge in [-0.2, -0.15) is 5.10 Å². The normalized spacial score (nSPS) is 18.4. The number of nitrogens with zero attached hydrogens (tertiary/aromatic N) is 1. The van der Waals surface area contributed by atoms with Crippen molar-refractivity contribution in [3.8, 4) is 17.2 Å². The van der Waals surface area contributed by atoms with Crippen LogP contribution in [0.5, 0.6) is 17.2 Å². The van der Waals surface area contributed by atoms with Gasteiger partial charge in [-0.25, -0.2) is 5.43 Å². The van der Waals surface area contributed by atoms with Crippen LogP contribution in [-0.4, -0.2) is 33.5 Å². The standard InChI is InChI=1S/C20H22N2O4/c1-24-17-11-19(26-3)18(25-2)9-14(17)12-21-22-20(23)16-10-15(16)13-7-5-4-6-8-13/h4-9,11-12,15-16H,10H2,1-3H3,(H,22,23). The number of benzene rings is 2. The Morgan fingerprint density at radius 2 is 1.69 bits per heavy atom. The summed E-state index contributed by atoms with van der Waals surface area (Å²) in [5.41, 5.74) is 4.49. The lowest BCUT2D eigenvalue weighted by atomic mass is 10.1. The molecule has 136 valence electrons. The SMILES string of the molecule is COc1cc(OC)c(OC)cc1C=NNC(=O)C1CC1c1ccccc1. The number of nitrogens with one attached hydrogen (secondary N) is 1. The lowest BCUT2D eigenvalue weighted by Gasteiger charge is -2.11. The number of hydrogen-bond donors (Lipinski definition) is 1. The molecule has 1 fully saturated rings. The molecule has 1 saturated carbocycles. The van der Waals surface area contributed by atoms with E-state index in [0.717, 1.165) is 6.42 Å². The molecule has 0 aliphatic heterocycles. The second kappa shape index (κ2) is 7.91. The first-order valence-electron chi connectivity index (χ1n) is 8.35. The topological polar surface area (TPSA) is 69.2 Å². The van der Waals surface area contributed by atoms with Crippen molar-refractivity contribution >= 4 is 12.1 Å². The predicted molar refractivity (Wildman–Crippen MR) is 99.1 cm³/mol. The van der Waals surface area contributed by atoms with Crippen LogP contribution in [-0.2, 0) is 4.79 Å². The zero-order chi connectivity index (χ0) is 18.5. The van der Waals surface area contributed by atoms with Gasteiger partial charge in [0.25, 0.3) is 0 Å². The highest BCUT2D eigenvalue weighted by Crippen LogP contribution is 2.47. The van der Waals surface area contributed by atoms with E-state index >= 15 is 0 Å². The molecule has 3 rings (SSSR count). The second-order valence-corrected chi connectivity index (χ2v) is 6.04. The van der Waals surface area contributed by atoms with Gasteiger partial charge in [0.2, 0.25) is 5.91 Å². The van der Waals surface area contributed by atoms with E-state index in [4.69, 9.17) is 14.2 Å². The molecule has 2 aromatic carbocycles. The van der Waals surface area contributed by atoms with E-state index in [1.807, 2.05) is 18.2 Å². The summed E-state index contributed by atoms with van der Waals surface area (Å²) in [6.45, 7) is 0. The molecule has 6 nitrogen and oxygen atoms in total. The minimum absolute atomic E-state index is 0.0261. The summed E-state index contributed by atoms with van der Waals surface area (Å²) in [7, 11) is 4.68. The molecule has 0 spiro atoms. The summed E-state index contributed by atoms with van der Waals surface area (Å²) >= 11 is 0. The van der Waals surface area contributed by atoms with Crippen LogP contribution in [0.1, 0.15) is 23.5 Å². The molecule has 0 heterocycles. The maximum Gasteiger partial charge on any atom is 0.243 e. The number of ether oxygens (including phenoxy) is 3. The van der Waals surface area contributed by atoms with Crippen LogP contribution in [0.25, 0.3) is 0 Å². The van der Waals surface area contributed by atoms with Crippen molar-refractivity contribution in [3.05, 3.63) is 53.6 Å². The number of hydrazone groups is 1. The van der Waals surface area contributed by atoms with Crippen molar-refractivity contribution in [2.75, 3.05) is 21.3 Å². The van der Waals surface area contributed by atoms with Crippen molar-refractivity contribution in [2.45, 2.75) is 12.3 Å². The Morgan fingerprint density at radius 3 is 2.35 bits per heavy atom. The lowest BCUT2D eigenvalue weighted by Crippen LogP contribution is -2.20. The highest BCUT2D eigenvalue weighted by Gasteiger charge is 2.43. The molecule has 1 aliphatic rings. The predicted octanol–water partition coefficient (Wildman–Crippen LogP) is 2.97. The maximum absolute atomic E-state index is 12.3. The van der Waals surface area contributed by atoms with Crippen LogP contribution >= 0.6 is 0 Å². The second-order valence-electron chi connectivity index (χ2n) is 6.04. The molecule has 0 radical (unpaired) electrons. The number of carbonyl (C=O) groups excluding carboxylic acids is 1. The Kier molecular flexibility index (Phi) is 5.41. The van der Waals surface area contributed by atoms with Gasteiger partial charge in [0.05, 0.1) is 27.5 Å². The van der Waals surface area contributed by atoms with Crippen LogP contribution in [0.15, 0.2) is 47.6 Å². The largest absolute Gasteiger partial charge is 0.496 e. The molecule has 2 unspecified atom stereocenters. The number of amides is 1. The Balaban J connectivity index is 1.65. The summed E-state index contributed by atoms with van der Waals surface area (Å²) in [5, 5.41) is 4.07. The van der Waals surface area contributed by atoms with E-state index in [2.05, 4.69) is 22.7 Å². The smallest absolute Gasteiger partial charge is 0.243 e. The molecule has 0 aromatic heterocycles. The van der Waals surface area contributed by atoms with E-state index in [9.17, 15) is 4.79 Å². The molecule has 1 N–H and O–H groups in total. The van der Waals surface area contributed by atoms with E-state index in [1.165, 1.54) is 5.56 Å². The van der Waals surface area contributed by atoms with Gasteiger partial charge in [0.15, 0.2) is 11.5 Å². The van der Waals surface area contributed by atoms with Crippen LogP contribution in [0.4, 0.5) is 0 Å². The van der Waals surface area contributed by atoms with Gasteiger partial charge in [-0.05, 0) is 24.0 Å². The zero-order valence-corrected chi connectivity index (χ0v) is 15.1. The Morgan fingerprint density at radius 1 is 1.04 bits per heavy atom. The van der Waals surface area contributed by atoms with Gasteiger partial charge in [0.1, 0.15) is 5.75 Å². The third-order valence-electron chi connectivity index (χ3n) is 4.47. The van der Waals surface area contributed by atoms with Gasteiger partial charge < -0.3 is 14.2 Å². The minimum atomic E-state index is -0.0745. The van der Waals surface area contributed by atoms with Crippen molar-refractivity contribution in [1.29, 1.82) is 0 Å². The van der Waals surface area contributed by atoms with Crippen molar-refractivity contribution in [2.24, 2.45) is 11.0 Å². The van der Waals surface area contributed by atoms with Crippen LogP contribution < -0.4 is 19.6 Å². The number of hydrogen-bond acceptors (Lipinski definition) is 5. The van der Waals surface area contributed by atoms with Crippen molar-refractivity contribution < 1.29 is 19.0 Å². The summed E-state index contributed by atoms with van der Waals surface area (Å²) in [4.78, 5) is 12.3. The first kappa shape index (κ1) is 17.8. The highest BCUT2D eigenvalue weighted by molar-refractivity contribution is 5.88. The molecule has 2 aromatic rings. The van der Waals surface area contributed by atoms with Gasteiger partial charge in [-0.15, -0.1) is 0 Å². The molecule has 2 atom stereocenters. The number of carbonyl (C=O) groups is 1. The molecule has 6 heteroatoms. The average molecular weight is 354 g/mol. The van der Waals surface area contributed by atoms with Gasteiger partial charge >= 0.3 is 0 Å². The molecule has 0 bridgehead atoms. The van der Waals surface area contributed by atoms with E-state index in [-0.39, 0.29) is 17.7 Å². The number of rotatable bonds is 7. The van der Waals surface area contributed by atoms with Crippen molar-refractivity contribution in [1.82, 2.24) is 5.43 Å². The summed E-state index contributed by atoms with van der Waals surface area (Å²) < 4.78 is 15.9. The summed E-state index contributed by atoms with van der Waals surface area (Å²) in [6.07, 6.45) is 2.39. The van der Waals surface area contributed by atoms with E-state index in [1.54, 1.807) is 39.7 Å². The highest BCUT2D eigenvalue weighted by atomic mass is 16.5. The number of methoxy groups -OCH3 is 3. The molecule has 1 aliphatic carbocycles. The third-order valence-corrected chi connectivity index (χ3v) is 4.47. The van der Waals surface area contributed by atoms with E-state index < -0.39 is 0 Å². The first-order valence-corrected chi connectivity index (χ1v) is 8.35. The molecule has 26 heavy (non-hydrogen) atoms. The first-order chi connectivity index (χ1) is 12.7. The van der Waals surface area contributed by atoms with Gasteiger partial charge in [0, 0.05) is 17.5 Å². The van der Waals surface area contributed by atoms with Gasteiger partial charge in [-0.3, -0.25) is 4.79 Å². The quantitative estimate of drug-likeness (QED) is 0.613. The minimum Gasteiger partial charge on any atom is -0.496 e. The van der Waals surface area contributed by atoms with Crippen molar-refractivity contribution in [3.63, 3.8) is 0 Å². The Bertz CT molecular complexity index is 805. The molecule has 1 amide bonds. The fourth-order valence-electron chi connectivity index (χ4n) is 2.96. The van der Waals surface area contributed by atoms with E-state index in [0.29, 0.717) is 22.8 Å². The monoisotopic (exact) mass is 354 g/mol. The zero-order valence-electron chi connectivity index (χ0n) is 15.1. The lowest BCUT2D eigenvalue weighted by molar-refractivity contribution is -0.122. The Labute approximate surface area is 152 Å². The fourth-order valence-corrected chi connectivity index (χ4v) is 2.96. The fraction of sp³-hybridized carbons (Fsp3) is 0.300. The third kappa shape index (κ3) is 3.79. The summed E-state index contributed by atoms with van der Waals surface area (Å²) in [5.74, 6) is 1.88. The average Bonchev–Trinajstić information content (AvgIpc) is 3.49. The van der Waals surface area contributed by atoms with Crippen LogP contribution in [0, 0.1) is 5.92 Å². The van der Waals surface area contributed by atoms with Gasteiger partial charge in [-0.1, -0.05) is 30.3 Å². The maximum atomic E-state index is 12.3.